The van der Waals surface area contributed by atoms with Crippen LogP contribution in [0.1, 0.15) is 30.4 Å². The van der Waals surface area contributed by atoms with Gasteiger partial charge in [-0.2, -0.15) is 4.31 Å². The van der Waals surface area contributed by atoms with E-state index in [9.17, 15) is 16.8 Å². The average molecular weight is 388 g/mol. The van der Waals surface area contributed by atoms with Crippen molar-refractivity contribution in [3.05, 3.63) is 29.3 Å². The van der Waals surface area contributed by atoms with Crippen LogP contribution in [-0.2, 0) is 24.6 Å². The third-order valence-corrected chi connectivity index (χ3v) is 8.77. The van der Waals surface area contributed by atoms with Crippen LogP contribution in [0.25, 0.3) is 0 Å². The van der Waals surface area contributed by atoms with E-state index >= 15 is 0 Å². The summed E-state index contributed by atoms with van der Waals surface area (Å²) in [5.74, 6) is -0.0635. The fourth-order valence-electron chi connectivity index (χ4n) is 3.65. The minimum Gasteiger partial charge on any atom is -0.377 e. The largest absolute Gasteiger partial charge is 0.377 e. The zero-order valence-electron chi connectivity index (χ0n) is 14.6. The number of sulfonamides is 1. The molecule has 0 amide bonds. The second-order valence-electron chi connectivity index (χ2n) is 7.04. The Bertz CT molecular complexity index is 842. The highest BCUT2D eigenvalue weighted by molar-refractivity contribution is 7.92. The van der Waals surface area contributed by atoms with E-state index in [4.69, 9.17) is 4.74 Å². The van der Waals surface area contributed by atoms with Crippen LogP contribution < -0.4 is 0 Å². The fourth-order valence-corrected chi connectivity index (χ4v) is 7.37. The van der Waals surface area contributed by atoms with Crippen LogP contribution in [0.5, 0.6) is 0 Å². The van der Waals surface area contributed by atoms with Crippen molar-refractivity contribution in [3.63, 3.8) is 0 Å². The number of sulfone groups is 1. The summed E-state index contributed by atoms with van der Waals surface area (Å²) in [6.45, 7) is 4.54. The molecule has 2 fully saturated rings. The van der Waals surface area contributed by atoms with Crippen LogP contribution in [0.15, 0.2) is 23.1 Å². The molecule has 0 radical (unpaired) electrons. The molecule has 0 N–H and O–H groups in total. The van der Waals surface area contributed by atoms with Crippen molar-refractivity contribution in [2.24, 2.45) is 0 Å². The van der Waals surface area contributed by atoms with Gasteiger partial charge in [0.2, 0.25) is 10.0 Å². The Labute approximate surface area is 150 Å². The average Bonchev–Trinajstić information content (AvgIpc) is 3.13. The van der Waals surface area contributed by atoms with E-state index < -0.39 is 25.9 Å². The normalized spacial score (nSPS) is 26.4. The molecule has 6 nitrogen and oxygen atoms in total. The second-order valence-corrected chi connectivity index (χ2v) is 11.1. The first-order valence-electron chi connectivity index (χ1n) is 8.60. The number of hydrogen-bond donors (Lipinski definition) is 0. The maximum atomic E-state index is 13.3. The summed E-state index contributed by atoms with van der Waals surface area (Å²) in [4.78, 5) is 0.250. The lowest BCUT2D eigenvalue weighted by Crippen LogP contribution is -2.45. The molecule has 25 heavy (non-hydrogen) atoms. The zero-order chi connectivity index (χ0) is 18.2. The second kappa shape index (κ2) is 6.98. The summed E-state index contributed by atoms with van der Waals surface area (Å²) in [5.41, 5.74) is 1.67. The third-order valence-electron chi connectivity index (χ3n) is 4.94. The van der Waals surface area contributed by atoms with Gasteiger partial charge in [-0.3, -0.25) is 0 Å². The molecular formula is C17H25NO5S2. The van der Waals surface area contributed by atoms with Crippen molar-refractivity contribution in [1.82, 2.24) is 4.31 Å². The summed E-state index contributed by atoms with van der Waals surface area (Å²) >= 11 is 0. The van der Waals surface area contributed by atoms with Crippen LogP contribution in [-0.4, -0.2) is 57.9 Å². The molecule has 8 heteroatoms. The van der Waals surface area contributed by atoms with Crippen molar-refractivity contribution in [3.8, 4) is 0 Å². The number of hydrogen-bond acceptors (Lipinski definition) is 5. The monoisotopic (exact) mass is 387 g/mol. The van der Waals surface area contributed by atoms with Gasteiger partial charge in [0.15, 0.2) is 9.84 Å². The van der Waals surface area contributed by atoms with Gasteiger partial charge in [0.1, 0.15) is 0 Å². The van der Waals surface area contributed by atoms with Crippen LogP contribution in [0.2, 0.25) is 0 Å². The van der Waals surface area contributed by atoms with E-state index in [1.807, 2.05) is 13.0 Å². The van der Waals surface area contributed by atoms with Gasteiger partial charge in [0.25, 0.3) is 0 Å². The van der Waals surface area contributed by atoms with Crippen molar-refractivity contribution in [2.75, 3.05) is 24.7 Å². The third kappa shape index (κ3) is 4.07. The van der Waals surface area contributed by atoms with Gasteiger partial charge in [-0.15, -0.1) is 0 Å². The summed E-state index contributed by atoms with van der Waals surface area (Å²) in [5, 5.41) is 0. The predicted octanol–water partition coefficient (Wildman–Crippen LogP) is 1.66. The summed E-state index contributed by atoms with van der Waals surface area (Å²) in [6, 6.07) is 4.71. The zero-order valence-corrected chi connectivity index (χ0v) is 16.3. The molecule has 140 valence electrons. The first-order valence-corrected chi connectivity index (χ1v) is 11.9. The highest BCUT2D eigenvalue weighted by Crippen LogP contribution is 2.29. The predicted molar refractivity (Wildman–Crippen MR) is 95.8 cm³/mol. The summed E-state index contributed by atoms with van der Waals surface area (Å²) in [7, 11) is -6.96. The van der Waals surface area contributed by atoms with Crippen LogP contribution in [0.4, 0.5) is 0 Å². The van der Waals surface area contributed by atoms with Crippen molar-refractivity contribution in [2.45, 2.75) is 50.2 Å². The lowest BCUT2D eigenvalue weighted by atomic mass is 10.2. The number of aryl methyl sites for hydroxylation is 2. The van der Waals surface area contributed by atoms with Crippen LogP contribution >= 0.6 is 0 Å². The maximum Gasteiger partial charge on any atom is 0.243 e. The van der Waals surface area contributed by atoms with Crippen molar-refractivity contribution < 1.29 is 21.6 Å². The Morgan fingerprint density at radius 2 is 2.00 bits per heavy atom. The Morgan fingerprint density at radius 1 is 1.24 bits per heavy atom. The van der Waals surface area contributed by atoms with Gasteiger partial charge in [-0.1, -0.05) is 17.7 Å². The minimum atomic E-state index is -3.78. The first-order chi connectivity index (χ1) is 11.7. The number of ether oxygens (including phenoxy) is 1. The molecule has 1 aromatic rings. The molecule has 2 atom stereocenters. The lowest BCUT2D eigenvalue weighted by molar-refractivity contribution is 0.0877. The minimum absolute atomic E-state index is 0.0437. The molecule has 2 aliphatic rings. The van der Waals surface area contributed by atoms with Gasteiger partial charge >= 0.3 is 0 Å². The molecule has 2 saturated heterocycles. The van der Waals surface area contributed by atoms with E-state index in [0.29, 0.717) is 18.6 Å². The maximum absolute atomic E-state index is 13.3. The SMILES string of the molecule is Cc1ccc(S(=O)(=O)N(C[C@@H]2CCCO2)[C@@H]2CCS(=O)(=O)C2)c(C)c1. The molecule has 0 unspecified atom stereocenters. The van der Waals surface area contributed by atoms with Crippen LogP contribution in [0.3, 0.4) is 0 Å². The number of nitrogens with zero attached hydrogens (tertiary/aromatic N) is 1. The Kier molecular flexibility index (Phi) is 5.26. The molecule has 1 aromatic carbocycles. The standard InChI is InChI=1S/C17H25NO5S2/c1-13-5-6-17(14(2)10-13)25(21,22)18(11-16-4-3-8-23-16)15-7-9-24(19,20)12-15/h5-6,10,15-16H,3-4,7-9,11-12H2,1-2H3/t15-,16+/m1/s1. The topological polar surface area (TPSA) is 80.8 Å². The fraction of sp³-hybridized carbons (Fsp3) is 0.647. The van der Waals surface area contributed by atoms with Crippen molar-refractivity contribution in [1.29, 1.82) is 0 Å². The molecule has 0 bridgehead atoms. The highest BCUT2D eigenvalue weighted by atomic mass is 32.2. The smallest absolute Gasteiger partial charge is 0.243 e. The molecule has 0 saturated carbocycles. The molecule has 3 rings (SSSR count). The van der Waals surface area contributed by atoms with Crippen LogP contribution in [0, 0.1) is 13.8 Å². The lowest BCUT2D eigenvalue weighted by Gasteiger charge is -2.30. The molecular weight excluding hydrogens is 362 g/mol. The van der Waals surface area contributed by atoms with Crippen molar-refractivity contribution >= 4 is 19.9 Å². The summed E-state index contributed by atoms with van der Waals surface area (Å²) in [6.07, 6.45) is 1.90. The quantitative estimate of drug-likeness (QED) is 0.768. The Morgan fingerprint density at radius 3 is 2.56 bits per heavy atom. The molecule has 0 spiro atoms. The van der Waals surface area contributed by atoms with Gasteiger partial charge in [0.05, 0.1) is 22.5 Å². The molecule has 0 aromatic heterocycles. The van der Waals surface area contributed by atoms with E-state index in [-0.39, 0.29) is 29.0 Å². The highest BCUT2D eigenvalue weighted by Gasteiger charge is 2.40. The molecule has 2 aliphatic heterocycles. The van der Waals surface area contributed by atoms with Gasteiger partial charge in [-0.05, 0) is 44.7 Å². The first kappa shape index (κ1) is 18.8. The van der Waals surface area contributed by atoms with Gasteiger partial charge in [-0.25, -0.2) is 16.8 Å². The van der Waals surface area contributed by atoms with Gasteiger partial charge < -0.3 is 4.74 Å². The number of benzene rings is 1. The molecule has 0 aliphatic carbocycles. The molecule has 2 heterocycles. The van der Waals surface area contributed by atoms with E-state index in [1.54, 1.807) is 19.1 Å². The van der Waals surface area contributed by atoms with Gasteiger partial charge in [0, 0.05) is 19.2 Å². The van der Waals surface area contributed by atoms with E-state index in [1.165, 1.54) is 4.31 Å². The Hall–Kier alpha value is -0.960. The number of rotatable bonds is 5. The van der Waals surface area contributed by atoms with E-state index in [0.717, 1.165) is 18.4 Å². The van der Waals surface area contributed by atoms with E-state index in [2.05, 4.69) is 0 Å². The Balaban J connectivity index is 1.97. The summed E-state index contributed by atoms with van der Waals surface area (Å²) < 4.78 is 57.5.